The molecule has 1 heterocycles. The van der Waals surface area contributed by atoms with Crippen molar-refractivity contribution in [2.75, 3.05) is 0 Å². The fourth-order valence-corrected chi connectivity index (χ4v) is 1.58. The fourth-order valence-electron chi connectivity index (χ4n) is 1.45. The molecular weight excluding hydrogens is 212 g/mol. The average molecular weight is 222 g/mol. The second-order valence-corrected chi connectivity index (χ2v) is 3.53. The first-order valence-corrected chi connectivity index (χ1v) is 4.47. The second-order valence-electron chi connectivity index (χ2n) is 3.14. The Balaban J connectivity index is 0.000000845. The van der Waals surface area contributed by atoms with Crippen LogP contribution in [0.1, 0.15) is 30.7 Å². The monoisotopic (exact) mass is 221 g/mol. The van der Waals surface area contributed by atoms with Gasteiger partial charge in [-0.2, -0.15) is 4.39 Å². The Morgan fingerprint density at radius 2 is 2.08 bits per heavy atom. The Labute approximate surface area is 87.7 Å². The van der Waals surface area contributed by atoms with Crippen molar-refractivity contribution >= 4 is 24.0 Å². The fraction of sp³-hybridized carbons (Fsp3) is 0.444. The highest BCUT2D eigenvalue weighted by molar-refractivity contribution is 6.29. The third kappa shape index (κ3) is 2.12. The highest BCUT2D eigenvalue weighted by Gasteiger charge is 2.22. The zero-order valence-electron chi connectivity index (χ0n) is 6.96. The first-order valence-electron chi connectivity index (χ1n) is 4.09. The molecule has 1 aliphatic rings. The SMILES string of the molecule is Cl.Fc1nc(Cl)ccc1C1CCC1. The first-order chi connectivity index (χ1) is 5.77. The third-order valence-electron chi connectivity index (χ3n) is 2.39. The van der Waals surface area contributed by atoms with Crippen LogP contribution < -0.4 is 0 Å². The van der Waals surface area contributed by atoms with Gasteiger partial charge in [0, 0.05) is 5.56 Å². The number of rotatable bonds is 1. The Bertz CT molecular complexity index is 300. The predicted octanol–water partition coefficient (Wildman–Crippen LogP) is 3.56. The molecule has 1 aromatic rings. The summed E-state index contributed by atoms with van der Waals surface area (Å²) in [7, 11) is 0. The number of pyridine rings is 1. The lowest BCUT2D eigenvalue weighted by Crippen LogP contribution is -2.11. The molecule has 2 rings (SSSR count). The van der Waals surface area contributed by atoms with Crippen LogP contribution in [0, 0.1) is 5.95 Å². The zero-order valence-corrected chi connectivity index (χ0v) is 8.54. The summed E-state index contributed by atoms with van der Waals surface area (Å²) in [5.41, 5.74) is 0.727. The minimum Gasteiger partial charge on any atom is -0.208 e. The third-order valence-corrected chi connectivity index (χ3v) is 2.60. The lowest BCUT2D eigenvalue weighted by atomic mass is 9.80. The van der Waals surface area contributed by atoms with Crippen LogP contribution in [0.4, 0.5) is 4.39 Å². The maximum Gasteiger partial charge on any atom is 0.217 e. The van der Waals surface area contributed by atoms with Crippen LogP contribution >= 0.6 is 24.0 Å². The summed E-state index contributed by atoms with van der Waals surface area (Å²) < 4.78 is 13.1. The van der Waals surface area contributed by atoms with Crippen molar-refractivity contribution in [1.29, 1.82) is 0 Å². The van der Waals surface area contributed by atoms with Crippen molar-refractivity contribution in [3.8, 4) is 0 Å². The van der Waals surface area contributed by atoms with Crippen molar-refractivity contribution in [2.45, 2.75) is 25.2 Å². The van der Waals surface area contributed by atoms with E-state index in [1.165, 1.54) is 6.42 Å². The molecule has 0 amide bonds. The van der Waals surface area contributed by atoms with Crippen molar-refractivity contribution < 1.29 is 4.39 Å². The van der Waals surface area contributed by atoms with E-state index in [-0.39, 0.29) is 17.6 Å². The van der Waals surface area contributed by atoms with Gasteiger partial charge in [0.05, 0.1) is 0 Å². The van der Waals surface area contributed by atoms with E-state index in [2.05, 4.69) is 4.98 Å². The largest absolute Gasteiger partial charge is 0.217 e. The molecular formula is C9H10Cl2FN. The molecule has 1 aliphatic carbocycles. The number of halogens is 3. The molecule has 0 aromatic carbocycles. The highest BCUT2D eigenvalue weighted by Crippen LogP contribution is 2.37. The molecule has 0 aliphatic heterocycles. The summed E-state index contributed by atoms with van der Waals surface area (Å²) in [6, 6.07) is 3.40. The van der Waals surface area contributed by atoms with E-state index < -0.39 is 5.95 Å². The van der Waals surface area contributed by atoms with Crippen LogP contribution in [0.5, 0.6) is 0 Å². The van der Waals surface area contributed by atoms with Crippen LogP contribution in [-0.2, 0) is 0 Å². The van der Waals surface area contributed by atoms with Gasteiger partial charge < -0.3 is 0 Å². The molecule has 0 unspecified atom stereocenters. The van der Waals surface area contributed by atoms with Gasteiger partial charge in [0.2, 0.25) is 5.95 Å². The van der Waals surface area contributed by atoms with Crippen LogP contribution in [0.2, 0.25) is 5.15 Å². The van der Waals surface area contributed by atoms with E-state index in [0.717, 1.165) is 18.4 Å². The molecule has 1 saturated carbocycles. The number of aromatic nitrogens is 1. The maximum absolute atomic E-state index is 13.1. The van der Waals surface area contributed by atoms with Gasteiger partial charge in [-0.1, -0.05) is 24.1 Å². The summed E-state index contributed by atoms with van der Waals surface area (Å²) in [4.78, 5) is 3.58. The second kappa shape index (κ2) is 4.25. The molecule has 72 valence electrons. The topological polar surface area (TPSA) is 12.9 Å². The summed E-state index contributed by atoms with van der Waals surface area (Å²) >= 11 is 5.53. The van der Waals surface area contributed by atoms with Gasteiger partial charge in [-0.25, -0.2) is 4.98 Å². The lowest BCUT2D eigenvalue weighted by Gasteiger charge is -2.25. The minimum atomic E-state index is -0.396. The van der Waals surface area contributed by atoms with Crippen molar-refractivity contribution in [3.05, 3.63) is 28.8 Å². The van der Waals surface area contributed by atoms with E-state index in [4.69, 9.17) is 11.6 Å². The summed E-state index contributed by atoms with van der Waals surface area (Å²) in [5, 5.41) is 0.232. The van der Waals surface area contributed by atoms with Gasteiger partial charge in [-0.15, -0.1) is 12.4 Å². The normalized spacial score (nSPS) is 16.2. The van der Waals surface area contributed by atoms with E-state index in [0.29, 0.717) is 5.92 Å². The van der Waals surface area contributed by atoms with E-state index in [1.807, 2.05) is 0 Å². The summed E-state index contributed by atoms with van der Waals surface area (Å²) in [5.74, 6) is -0.0121. The maximum atomic E-state index is 13.1. The molecule has 13 heavy (non-hydrogen) atoms. The van der Waals surface area contributed by atoms with Gasteiger partial charge in [0.15, 0.2) is 0 Å². The van der Waals surface area contributed by atoms with Crippen LogP contribution in [0.25, 0.3) is 0 Å². The predicted molar refractivity (Wildman–Crippen MR) is 53.0 cm³/mol. The standard InChI is InChI=1S/C9H9ClFN.ClH/c10-8-5-4-7(9(11)12-8)6-2-1-3-6;/h4-6H,1-3H2;1H. The van der Waals surface area contributed by atoms with Gasteiger partial charge in [-0.05, 0) is 24.8 Å². The number of nitrogens with zero attached hydrogens (tertiary/aromatic N) is 1. The molecule has 4 heteroatoms. The molecule has 1 aromatic heterocycles. The van der Waals surface area contributed by atoms with E-state index in [9.17, 15) is 4.39 Å². The molecule has 0 atom stereocenters. The van der Waals surface area contributed by atoms with Crippen molar-refractivity contribution in [1.82, 2.24) is 4.98 Å². The number of hydrogen-bond acceptors (Lipinski definition) is 1. The van der Waals surface area contributed by atoms with Crippen molar-refractivity contribution in [2.24, 2.45) is 0 Å². The van der Waals surface area contributed by atoms with E-state index >= 15 is 0 Å². The smallest absolute Gasteiger partial charge is 0.208 e. The molecule has 0 radical (unpaired) electrons. The number of hydrogen-bond donors (Lipinski definition) is 0. The van der Waals surface area contributed by atoms with Crippen LogP contribution in [-0.4, -0.2) is 4.98 Å². The molecule has 0 saturated heterocycles. The van der Waals surface area contributed by atoms with Gasteiger partial charge in [0.1, 0.15) is 5.15 Å². The van der Waals surface area contributed by atoms with Crippen LogP contribution in [0.15, 0.2) is 12.1 Å². The van der Waals surface area contributed by atoms with Gasteiger partial charge in [-0.3, -0.25) is 0 Å². The molecule has 1 nitrogen and oxygen atoms in total. The Hall–Kier alpha value is -0.340. The summed E-state index contributed by atoms with van der Waals surface area (Å²) in [6.45, 7) is 0. The van der Waals surface area contributed by atoms with E-state index in [1.54, 1.807) is 12.1 Å². The summed E-state index contributed by atoms with van der Waals surface area (Å²) in [6.07, 6.45) is 3.37. The van der Waals surface area contributed by atoms with Gasteiger partial charge >= 0.3 is 0 Å². The molecule has 1 fully saturated rings. The quantitative estimate of drug-likeness (QED) is 0.662. The van der Waals surface area contributed by atoms with Crippen LogP contribution in [0.3, 0.4) is 0 Å². The highest BCUT2D eigenvalue weighted by atomic mass is 35.5. The van der Waals surface area contributed by atoms with Crippen molar-refractivity contribution in [3.63, 3.8) is 0 Å². The Morgan fingerprint density at radius 3 is 2.54 bits per heavy atom. The molecule has 0 spiro atoms. The Morgan fingerprint density at radius 1 is 1.38 bits per heavy atom. The molecule has 0 bridgehead atoms. The lowest BCUT2D eigenvalue weighted by molar-refractivity contribution is 0.398. The average Bonchev–Trinajstić information content (AvgIpc) is 1.91. The first kappa shape index (κ1) is 10.7. The molecule has 0 N–H and O–H groups in total. The minimum absolute atomic E-state index is 0. The Kier molecular flexibility index (Phi) is 3.51. The van der Waals surface area contributed by atoms with Gasteiger partial charge in [0.25, 0.3) is 0 Å². The zero-order chi connectivity index (χ0) is 8.55.